The SMILES string of the molecule is O=C(S)SCCS. The van der Waals surface area contributed by atoms with Crippen LogP contribution < -0.4 is 0 Å². The van der Waals surface area contributed by atoms with Crippen molar-refractivity contribution in [1.29, 1.82) is 0 Å². The molecule has 0 aromatic carbocycles. The van der Waals surface area contributed by atoms with E-state index in [-0.39, 0.29) is 4.45 Å². The summed E-state index contributed by atoms with van der Waals surface area (Å²) in [5.74, 6) is 1.49. The van der Waals surface area contributed by atoms with Gasteiger partial charge in [0, 0.05) is 5.75 Å². The van der Waals surface area contributed by atoms with E-state index < -0.39 is 0 Å². The molecule has 0 heterocycles. The summed E-state index contributed by atoms with van der Waals surface area (Å²) in [6.45, 7) is 0. The fraction of sp³-hybridized carbons (Fsp3) is 0.667. The van der Waals surface area contributed by atoms with Crippen LogP contribution in [0.5, 0.6) is 0 Å². The van der Waals surface area contributed by atoms with Crippen LogP contribution in [-0.4, -0.2) is 16.0 Å². The lowest BCUT2D eigenvalue weighted by atomic mass is 11.0. The van der Waals surface area contributed by atoms with Crippen LogP contribution in [0.2, 0.25) is 0 Å². The van der Waals surface area contributed by atoms with Crippen molar-refractivity contribution >= 4 is 41.5 Å². The van der Waals surface area contributed by atoms with E-state index in [1.807, 2.05) is 0 Å². The Hall–Kier alpha value is 0.720. The first-order chi connectivity index (χ1) is 3.27. The molecule has 1 nitrogen and oxygen atoms in total. The quantitative estimate of drug-likeness (QED) is 0.589. The highest BCUT2D eigenvalue weighted by molar-refractivity contribution is 8.32. The number of carbonyl (C=O) groups is 1. The van der Waals surface area contributed by atoms with Crippen LogP contribution >= 0.6 is 37.0 Å². The molecule has 0 aliphatic heterocycles. The normalized spacial score (nSPS) is 8.86. The highest BCUT2D eigenvalue weighted by atomic mass is 32.2. The second-order valence-electron chi connectivity index (χ2n) is 0.838. The molecular formula is C3H6OS3. The molecule has 0 aliphatic rings. The van der Waals surface area contributed by atoms with Crippen molar-refractivity contribution in [2.24, 2.45) is 0 Å². The molecule has 0 amide bonds. The summed E-state index contributed by atoms with van der Waals surface area (Å²) in [7, 11) is 0. The highest BCUT2D eigenvalue weighted by Crippen LogP contribution is 2.05. The van der Waals surface area contributed by atoms with Gasteiger partial charge in [-0.15, -0.1) is 0 Å². The molecule has 0 spiro atoms. The third-order valence-electron chi connectivity index (χ3n) is 0.317. The maximum absolute atomic E-state index is 10.00. The molecule has 0 saturated heterocycles. The molecule has 0 atom stereocenters. The average molecular weight is 154 g/mol. The van der Waals surface area contributed by atoms with E-state index in [9.17, 15) is 4.79 Å². The molecule has 42 valence electrons. The number of carbonyl (C=O) groups excluding carboxylic acids is 1. The van der Waals surface area contributed by atoms with E-state index in [2.05, 4.69) is 25.3 Å². The van der Waals surface area contributed by atoms with Gasteiger partial charge in [0.15, 0.2) is 0 Å². The maximum Gasteiger partial charge on any atom is 0.243 e. The first-order valence-electron chi connectivity index (χ1n) is 1.74. The first-order valence-corrected chi connectivity index (χ1v) is 3.80. The molecule has 7 heavy (non-hydrogen) atoms. The number of hydrogen-bond acceptors (Lipinski definition) is 3. The topological polar surface area (TPSA) is 17.1 Å². The lowest BCUT2D eigenvalue weighted by molar-refractivity contribution is 0.277. The van der Waals surface area contributed by atoms with E-state index in [1.54, 1.807) is 0 Å². The number of hydrogen-bond donors (Lipinski definition) is 2. The fourth-order valence-corrected chi connectivity index (χ4v) is 0.947. The third-order valence-corrected chi connectivity index (χ3v) is 1.89. The average Bonchev–Trinajstić information content (AvgIpc) is 1.61. The smallest absolute Gasteiger partial charge is 0.243 e. The first kappa shape index (κ1) is 7.72. The Labute approximate surface area is 58.1 Å². The van der Waals surface area contributed by atoms with E-state index in [0.717, 1.165) is 11.5 Å². The predicted molar refractivity (Wildman–Crippen MR) is 40.7 cm³/mol. The summed E-state index contributed by atoms with van der Waals surface area (Å²) >= 11 is 8.59. The van der Waals surface area contributed by atoms with Crippen molar-refractivity contribution in [3.05, 3.63) is 0 Å². The van der Waals surface area contributed by atoms with Crippen LogP contribution in [0, 0.1) is 0 Å². The van der Waals surface area contributed by atoms with Crippen LogP contribution in [0.15, 0.2) is 0 Å². The van der Waals surface area contributed by atoms with Gasteiger partial charge in [-0.1, -0.05) is 24.4 Å². The maximum atomic E-state index is 10.00. The Morgan fingerprint density at radius 3 is 2.43 bits per heavy atom. The van der Waals surface area contributed by atoms with Gasteiger partial charge in [0.2, 0.25) is 4.45 Å². The minimum Gasteiger partial charge on any atom is -0.275 e. The summed E-state index contributed by atoms with van der Waals surface area (Å²) < 4.78 is -0.131. The number of thiol groups is 2. The van der Waals surface area contributed by atoms with Crippen LogP contribution in [0.1, 0.15) is 0 Å². The molecule has 0 aromatic rings. The van der Waals surface area contributed by atoms with E-state index in [0.29, 0.717) is 0 Å². The van der Waals surface area contributed by atoms with Gasteiger partial charge in [0.1, 0.15) is 0 Å². The summed E-state index contributed by atoms with van der Waals surface area (Å²) in [4.78, 5) is 10.00. The van der Waals surface area contributed by atoms with Gasteiger partial charge in [-0.25, -0.2) is 0 Å². The van der Waals surface area contributed by atoms with Gasteiger partial charge in [-0.05, 0) is 5.75 Å². The minimum atomic E-state index is -0.131. The van der Waals surface area contributed by atoms with Crippen molar-refractivity contribution in [1.82, 2.24) is 0 Å². The largest absolute Gasteiger partial charge is 0.275 e. The Morgan fingerprint density at radius 2 is 2.29 bits per heavy atom. The van der Waals surface area contributed by atoms with Gasteiger partial charge < -0.3 is 0 Å². The molecule has 0 fully saturated rings. The van der Waals surface area contributed by atoms with Crippen molar-refractivity contribution in [2.75, 3.05) is 11.5 Å². The lowest BCUT2D eigenvalue weighted by Crippen LogP contribution is -1.80. The number of thioether (sulfide) groups is 1. The molecule has 0 N–H and O–H groups in total. The van der Waals surface area contributed by atoms with Crippen LogP contribution in [0.25, 0.3) is 0 Å². The molecule has 0 radical (unpaired) electrons. The molecule has 0 aliphatic carbocycles. The summed E-state index contributed by atoms with van der Waals surface area (Å²) in [6.07, 6.45) is 0. The fourth-order valence-electron chi connectivity index (χ4n) is 0.133. The summed E-state index contributed by atoms with van der Waals surface area (Å²) in [5, 5.41) is 0. The molecule has 0 rings (SSSR count). The summed E-state index contributed by atoms with van der Waals surface area (Å²) in [5.41, 5.74) is 0. The lowest BCUT2D eigenvalue weighted by Gasteiger charge is -1.85. The zero-order valence-corrected chi connectivity index (χ0v) is 6.23. The van der Waals surface area contributed by atoms with Gasteiger partial charge in [0.05, 0.1) is 0 Å². The molecule has 4 heteroatoms. The minimum absolute atomic E-state index is 0.131. The van der Waals surface area contributed by atoms with Crippen molar-refractivity contribution in [2.45, 2.75) is 0 Å². The second-order valence-corrected chi connectivity index (χ2v) is 3.06. The molecular weight excluding hydrogens is 148 g/mol. The number of rotatable bonds is 2. The van der Waals surface area contributed by atoms with Crippen molar-refractivity contribution in [3.8, 4) is 0 Å². The Kier molecular flexibility index (Phi) is 5.37. The Balaban J connectivity index is 2.82. The van der Waals surface area contributed by atoms with Crippen molar-refractivity contribution in [3.63, 3.8) is 0 Å². The summed E-state index contributed by atoms with van der Waals surface area (Å²) in [6, 6.07) is 0. The second kappa shape index (κ2) is 4.87. The predicted octanol–water partition coefficient (Wildman–Crippen LogP) is 1.70. The van der Waals surface area contributed by atoms with E-state index in [1.165, 1.54) is 11.8 Å². The van der Waals surface area contributed by atoms with Crippen LogP contribution in [0.4, 0.5) is 4.79 Å². The highest BCUT2D eigenvalue weighted by Gasteiger charge is 1.89. The standard InChI is InChI=1S/C3H6OS3/c4-3(6)7-2-1-5/h5H,1-2H2,(H,4,6). The van der Waals surface area contributed by atoms with Gasteiger partial charge in [-0.2, -0.15) is 12.6 Å². The van der Waals surface area contributed by atoms with Crippen LogP contribution in [0.3, 0.4) is 0 Å². The van der Waals surface area contributed by atoms with Gasteiger partial charge in [0.25, 0.3) is 0 Å². The van der Waals surface area contributed by atoms with Crippen molar-refractivity contribution < 1.29 is 4.79 Å². The zero-order chi connectivity index (χ0) is 5.70. The molecule has 0 unspecified atom stereocenters. The van der Waals surface area contributed by atoms with Gasteiger partial charge in [-0.3, -0.25) is 4.79 Å². The van der Waals surface area contributed by atoms with E-state index in [4.69, 9.17) is 0 Å². The molecule has 0 aromatic heterocycles. The van der Waals surface area contributed by atoms with E-state index >= 15 is 0 Å². The molecule has 0 saturated carbocycles. The monoisotopic (exact) mass is 154 g/mol. The third kappa shape index (κ3) is 6.72. The van der Waals surface area contributed by atoms with Crippen LogP contribution in [-0.2, 0) is 0 Å². The zero-order valence-electron chi connectivity index (χ0n) is 3.63. The van der Waals surface area contributed by atoms with Gasteiger partial charge >= 0.3 is 0 Å². The Bertz CT molecular complexity index is 63.2. The molecule has 0 bridgehead atoms. The Morgan fingerprint density at radius 1 is 1.71 bits per heavy atom.